The molecular weight excluding hydrogens is 302 g/mol. The van der Waals surface area contributed by atoms with Gasteiger partial charge in [0, 0.05) is 12.0 Å². The van der Waals surface area contributed by atoms with Gasteiger partial charge in [0.15, 0.2) is 0 Å². The summed E-state index contributed by atoms with van der Waals surface area (Å²) in [5.41, 5.74) is 3.23. The van der Waals surface area contributed by atoms with Gasteiger partial charge in [-0.25, -0.2) is 0 Å². The van der Waals surface area contributed by atoms with E-state index in [1.807, 2.05) is 55.5 Å². The van der Waals surface area contributed by atoms with Crippen LogP contribution in [0.3, 0.4) is 0 Å². The van der Waals surface area contributed by atoms with E-state index >= 15 is 0 Å². The lowest BCUT2D eigenvalue weighted by molar-refractivity contribution is -0.121. The highest BCUT2D eigenvalue weighted by atomic mass is 16.4. The van der Waals surface area contributed by atoms with Crippen LogP contribution in [-0.2, 0) is 17.8 Å². The molecule has 0 fully saturated rings. The lowest BCUT2D eigenvalue weighted by Crippen LogP contribution is -2.23. The molecule has 0 saturated carbocycles. The molecule has 1 amide bonds. The summed E-state index contributed by atoms with van der Waals surface area (Å²) in [6.07, 6.45) is 1.15. The van der Waals surface area contributed by atoms with E-state index < -0.39 is 0 Å². The van der Waals surface area contributed by atoms with E-state index in [1.54, 1.807) is 0 Å². The third kappa shape index (κ3) is 4.29. The zero-order valence-corrected chi connectivity index (χ0v) is 13.5. The smallest absolute Gasteiger partial charge is 0.247 e. The van der Waals surface area contributed by atoms with Gasteiger partial charge in [-0.2, -0.15) is 0 Å². The second kappa shape index (κ2) is 7.55. The summed E-state index contributed by atoms with van der Waals surface area (Å²) in [7, 11) is 0. The Labute approximate surface area is 140 Å². The minimum absolute atomic E-state index is 0.0315. The van der Waals surface area contributed by atoms with Crippen LogP contribution in [0.1, 0.15) is 23.4 Å². The lowest BCUT2D eigenvalue weighted by atomic mass is 10.1. The third-order valence-corrected chi connectivity index (χ3v) is 3.65. The summed E-state index contributed by atoms with van der Waals surface area (Å²) in [5, 5.41) is 10.8. The summed E-state index contributed by atoms with van der Waals surface area (Å²) in [6, 6.07) is 17.7. The minimum Gasteiger partial charge on any atom is -0.419 e. The summed E-state index contributed by atoms with van der Waals surface area (Å²) < 4.78 is 5.56. The number of rotatable bonds is 6. The first-order valence-electron chi connectivity index (χ1n) is 7.91. The first-order valence-corrected chi connectivity index (χ1v) is 7.91. The van der Waals surface area contributed by atoms with E-state index in [0.717, 1.165) is 11.1 Å². The molecule has 122 valence electrons. The highest BCUT2D eigenvalue weighted by Gasteiger charge is 2.09. The van der Waals surface area contributed by atoms with Crippen molar-refractivity contribution in [2.24, 2.45) is 0 Å². The van der Waals surface area contributed by atoms with Crippen molar-refractivity contribution in [2.45, 2.75) is 26.3 Å². The normalized spacial score (nSPS) is 10.5. The fourth-order valence-corrected chi connectivity index (χ4v) is 2.41. The molecule has 5 nitrogen and oxygen atoms in total. The van der Waals surface area contributed by atoms with Gasteiger partial charge >= 0.3 is 0 Å². The van der Waals surface area contributed by atoms with Gasteiger partial charge in [0.05, 0.1) is 6.54 Å². The van der Waals surface area contributed by atoms with Gasteiger partial charge in [-0.1, -0.05) is 48.0 Å². The molecule has 0 aliphatic heterocycles. The molecule has 0 atom stereocenters. The Kier molecular flexibility index (Phi) is 5.01. The molecule has 0 unspecified atom stereocenters. The third-order valence-electron chi connectivity index (χ3n) is 3.65. The molecule has 0 radical (unpaired) electrons. The number of aryl methyl sites for hydroxylation is 2. The van der Waals surface area contributed by atoms with Gasteiger partial charge in [-0.3, -0.25) is 4.79 Å². The average Bonchev–Trinajstić information content (AvgIpc) is 3.08. The summed E-state index contributed by atoms with van der Waals surface area (Å²) in [6.45, 7) is 2.29. The van der Waals surface area contributed by atoms with Crippen molar-refractivity contribution in [3.63, 3.8) is 0 Å². The standard InChI is InChI=1S/C19H19N3O2/c1-14-6-5-7-15(12-14)10-11-17(23)20-13-18-21-22-19(24-18)16-8-3-2-4-9-16/h2-9,12H,10-11,13H2,1H3,(H,20,23). The zero-order valence-electron chi connectivity index (χ0n) is 13.5. The van der Waals surface area contributed by atoms with Crippen LogP contribution < -0.4 is 5.32 Å². The predicted molar refractivity (Wildman–Crippen MR) is 91.1 cm³/mol. The number of hydrogen-bond acceptors (Lipinski definition) is 4. The van der Waals surface area contributed by atoms with Crippen LogP contribution in [0, 0.1) is 6.92 Å². The lowest BCUT2D eigenvalue weighted by Gasteiger charge is -2.04. The van der Waals surface area contributed by atoms with Gasteiger partial charge in [-0.15, -0.1) is 10.2 Å². The first kappa shape index (κ1) is 15.9. The maximum Gasteiger partial charge on any atom is 0.247 e. The summed E-state index contributed by atoms with van der Waals surface area (Å²) in [5.74, 6) is 0.827. The number of nitrogens with zero attached hydrogens (tertiary/aromatic N) is 2. The quantitative estimate of drug-likeness (QED) is 0.756. The van der Waals surface area contributed by atoms with Crippen LogP contribution in [0.2, 0.25) is 0 Å². The van der Waals surface area contributed by atoms with Crippen molar-refractivity contribution in [2.75, 3.05) is 0 Å². The van der Waals surface area contributed by atoms with E-state index in [2.05, 4.69) is 21.6 Å². The van der Waals surface area contributed by atoms with Crippen molar-refractivity contribution < 1.29 is 9.21 Å². The van der Waals surface area contributed by atoms with Gasteiger partial charge < -0.3 is 9.73 Å². The Morgan fingerprint density at radius 3 is 2.71 bits per heavy atom. The van der Waals surface area contributed by atoms with E-state index in [0.29, 0.717) is 24.6 Å². The predicted octanol–water partition coefficient (Wildman–Crippen LogP) is 3.29. The molecule has 0 saturated heterocycles. The van der Waals surface area contributed by atoms with Gasteiger partial charge in [0.25, 0.3) is 0 Å². The van der Waals surface area contributed by atoms with Crippen LogP contribution in [-0.4, -0.2) is 16.1 Å². The molecule has 1 aromatic heterocycles. The Balaban J connectivity index is 1.49. The van der Waals surface area contributed by atoms with E-state index in [9.17, 15) is 4.79 Å². The molecule has 0 aliphatic carbocycles. The molecule has 2 aromatic carbocycles. The number of aromatic nitrogens is 2. The largest absolute Gasteiger partial charge is 0.419 e. The Hall–Kier alpha value is -2.95. The number of carbonyl (C=O) groups is 1. The molecule has 3 rings (SSSR count). The number of hydrogen-bond donors (Lipinski definition) is 1. The second-order valence-corrected chi connectivity index (χ2v) is 5.63. The Bertz CT molecular complexity index is 812. The Morgan fingerprint density at radius 2 is 1.92 bits per heavy atom. The monoisotopic (exact) mass is 321 g/mol. The molecule has 0 aliphatic rings. The molecular formula is C19H19N3O2. The van der Waals surface area contributed by atoms with E-state index in [1.165, 1.54) is 5.56 Å². The maximum absolute atomic E-state index is 12.0. The van der Waals surface area contributed by atoms with E-state index in [4.69, 9.17) is 4.42 Å². The minimum atomic E-state index is -0.0315. The molecule has 1 heterocycles. The zero-order chi connectivity index (χ0) is 16.8. The molecule has 0 spiro atoms. The molecule has 5 heteroatoms. The molecule has 3 aromatic rings. The highest BCUT2D eigenvalue weighted by Crippen LogP contribution is 2.16. The van der Waals surface area contributed by atoms with Crippen molar-refractivity contribution in [3.8, 4) is 11.5 Å². The summed E-state index contributed by atoms with van der Waals surface area (Å²) >= 11 is 0. The summed E-state index contributed by atoms with van der Waals surface area (Å²) in [4.78, 5) is 12.0. The highest BCUT2D eigenvalue weighted by molar-refractivity contribution is 5.76. The second-order valence-electron chi connectivity index (χ2n) is 5.63. The van der Waals surface area contributed by atoms with Gasteiger partial charge in [0.2, 0.25) is 17.7 Å². The maximum atomic E-state index is 12.0. The number of carbonyl (C=O) groups excluding carboxylic acids is 1. The SMILES string of the molecule is Cc1cccc(CCC(=O)NCc2nnc(-c3ccccc3)o2)c1. The number of benzene rings is 2. The fraction of sp³-hybridized carbons (Fsp3) is 0.211. The van der Waals surface area contributed by atoms with E-state index in [-0.39, 0.29) is 12.5 Å². The van der Waals surface area contributed by atoms with Gasteiger partial charge in [0.1, 0.15) is 0 Å². The van der Waals surface area contributed by atoms with Crippen LogP contribution in [0.5, 0.6) is 0 Å². The van der Waals surface area contributed by atoms with Crippen molar-refractivity contribution >= 4 is 5.91 Å². The Morgan fingerprint density at radius 1 is 1.08 bits per heavy atom. The van der Waals surface area contributed by atoms with Crippen molar-refractivity contribution in [1.82, 2.24) is 15.5 Å². The fourth-order valence-electron chi connectivity index (χ4n) is 2.41. The van der Waals surface area contributed by atoms with Crippen LogP contribution in [0.25, 0.3) is 11.5 Å². The van der Waals surface area contributed by atoms with Crippen LogP contribution in [0.15, 0.2) is 59.0 Å². The topological polar surface area (TPSA) is 68.0 Å². The molecule has 1 N–H and O–H groups in total. The first-order chi connectivity index (χ1) is 11.7. The van der Waals surface area contributed by atoms with Crippen molar-refractivity contribution in [3.05, 3.63) is 71.6 Å². The van der Waals surface area contributed by atoms with Crippen molar-refractivity contribution in [1.29, 1.82) is 0 Å². The van der Waals surface area contributed by atoms with Crippen LogP contribution >= 0.6 is 0 Å². The molecule has 0 bridgehead atoms. The van der Waals surface area contributed by atoms with Gasteiger partial charge in [-0.05, 0) is 31.0 Å². The number of nitrogens with one attached hydrogen (secondary N) is 1. The van der Waals surface area contributed by atoms with Crippen LogP contribution in [0.4, 0.5) is 0 Å². The average molecular weight is 321 g/mol. The number of amides is 1. The molecule has 24 heavy (non-hydrogen) atoms.